The van der Waals surface area contributed by atoms with E-state index < -0.39 is 0 Å². The van der Waals surface area contributed by atoms with Crippen molar-refractivity contribution in [2.45, 2.75) is 38.9 Å². The number of hydrogen-bond acceptors (Lipinski definition) is 4. The van der Waals surface area contributed by atoms with Crippen molar-refractivity contribution in [2.75, 3.05) is 7.05 Å². The summed E-state index contributed by atoms with van der Waals surface area (Å²) in [6.45, 7) is 4.73. The predicted molar refractivity (Wildman–Crippen MR) is 87.9 cm³/mol. The Morgan fingerprint density at radius 2 is 2.14 bits per heavy atom. The van der Waals surface area contributed by atoms with Gasteiger partial charge in [-0.2, -0.15) is 0 Å². The lowest BCUT2D eigenvalue weighted by Gasteiger charge is -2.32. The van der Waals surface area contributed by atoms with Gasteiger partial charge in [0.2, 0.25) is 0 Å². The summed E-state index contributed by atoms with van der Waals surface area (Å²) in [7, 11) is 2.07. The molecule has 5 heteroatoms. The molecule has 1 aromatic carbocycles. The average molecular weight is 352 g/mol. The van der Waals surface area contributed by atoms with E-state index >= 15 is 0 Å². The van der Waals surface area contributed by atoms with Crippen LogP contribution < -0.4 is 5.73 Å². The summed E-state index contributed by atoms with van der Waals surface area (Å²) in [5.74, 6) is 0.831. The van der Waals surface area contributed by atoms with E-state index in [1.807, 2.05) is 25.1 Å². The molecule has 2 atom stereocenters. The first-order chi connectivity index (χ1) is 10.0. The Hall–Kier alpha value is -1.17. The molecule has 1 heterocycles. The van der Waals surface area contributed by atoms with Gasteiger partial charge in [-0.05, 0) is 38.1 Å². The van der Waals surface area contributed by atoms with Crippen LogP contribution >= 0.6 is 15.9 Å². The van der Waals surface area contributed by atoms with Gasteiger partial charge in [0, 0.05) is 23.1 Å². The lowest BCUT2D eigenvalue weighted by atomic mass is 9.96. The van der Waals surface area contributed by atoms with Gasteiger partial charge in [0.05, 0.1) is 11.7 Å². The molecule has 0 saturated heterocycles. The highest BCUT2D eigenvalue weighted by Crippen LogP contribution is 2.27. The highest BCUT2D eigenvalue weighted by atomic mass is 79.9. The van der Waals surface area contributed by atoms with Gasteiger partial charge < -0.3 is 10.3 Å². The van der Waals surface area contributed by atoms with Crippen molar-refractivity contribution in [1.82, 2.24) is 10.1 Å². The number of benzene rings is 1. The van der Waals surface area contributed by atoms with E-state index in [1.165, 1.54) is 5.56 Å². The van der Waals surface area contributed by atoms with Gasteiger partial charge >= 0.3 is 0 Å². The Morgan fingerprint density at radius 1 is 1.38 bits per heavy atom. The zero-order valence-electron chi connectivity index (χ0n) is 12.7. The molecular formula is C16H22BrN3O. The molecule has 0 spiro atoms. The molecule has 0 fully saturated rings. The first kappa shape index (κ1) is 16.2. The molecule has 21 heavy (non-hydrogen) atoms. The van der Waals surface area contributed by atoms with Gasteiger partial charge in [-0.25, -0.2) is 0 Å². The summed E-state index contributed by atoms with van der Waals surface area (Å²) in [5.41, 5.74) is 8.50. The van der Waals surface area contributed by atoms with Gasteiger partial charge in [0.15, 0.2) is 0 Å². The molecule has 0 bridgehead atoms. The summed E-state index contributed by atoms with van der Waals surface area (Å²) in [5, 5.41) is 4.07. The number of halogens is 1. The minimum atomic E-state index is 0.0669. The molecule has 0 amide bonds. The third kappa shape index (κ3) is 4.15. The third-order valence-electron chi connectivity index (χ3n) is 3.63. The molecule has 4 nitrogen and oxygen atoms in total. The first-order valence-corrected chi connectivity index (χ1v) is 7.94. The average Bonchev–Trinajstić information content (AvgIpc) is 2.84. The van der Waals surface area contributed by atoms with E-state index in [2.05, 4.69) is 52.1 Å². The second-order valence-electron chi connectivity index (χ2n) is 5.42. The molecule has 0 aliphatic heterocycles. The van der Waals surface area contributed by atoms with E-state index in [1.54, 1.807) is 0 Å². The zero-order chi connectivity index (χ0) is 15.4. The Kier molecular flexibility index (Phi) is 5.56. The highest BCUT2D eigenvalue weighted by Gasteiger charge is 2.24. The Labute approximate surface area is 134 Å². The van der Waals surface area contributed by atoms with Crippen LogP contribution in [0.2, 0.25) is 0 Å². The Morgan fingerprint density at radius 3 is 2.71 bits per heavy atom. The maximum atomic E-state index is 6.36. The fourth-order valence-corrected chi connectivity index (χ4v) is 3.01. The van der Waals surface area contributed by atoms with E-state index in [0.717, 1.165) is 22.3 Å². The number of aromatic nitrogens is 1. The van der Waals surface area contributed by atoms with Gasteiger partial charge in [-0.1, -0.05) is 40.1 Å². The van der Waals surface area contributed by atoms with Crippen LogP contribution in [-0.2, 0) is 6.54 Å². The molecule has 0 radical (unpaired) electrons. The summed E-state index contributed by atoms with van der Waals surface area (Å²) >= 11 is 3.53. The quantitative estimate of drug-likeness (QED) is 0.862. The third-order valence-corrected chi connectivity index (χ3v) is 4.12. The summed E-state index contributed by atoms with van der Waals surface area (Å²) in [6, 6.07) is 10.5. The van der Waals surface area contributed by atoms with Crippen molar-refractivity contribution in [3.63, 3.8) is 0 Å². The topological polar surface area (TPSA) is 55.3 Å². The fraction of sp³-hybridized carbons (Fsp3) is 0.438. The molecule has 0 aliphatic rings. The SMILES string of the molecule is CCC(N)C(c1cccc(Br)c1)N(C)Cc1cc(C)on1. The van der Waals surface area contributed by atoms with Crippen molar-refractivity contribution in [1.29, 1.82) is 0 Å². The van der Waals surface area contributed by atoms with Crippen molar-refractivity contribution in [3.8, 4) is 0 Å². The molecule has 114 valence electrons. The molecule has 0 aliphatic carbocycles. The van der Waals surface area contributed by atoms with Gasteiger partial charge in [-0.3, -0.25) is 4.90 Å². The second-order valence-corrected chi connectivity index (χ2v) is 6.33. The van der Waals surface area contributed by atoms with Crippen LogP contribution in [0.4, 0.5) is 0 Å². The van der Waals surface area contributed by atoms with Crippen LogP contribution in [0, 0.1) is 6.92 Å². The van der Waals surface area contributed by atoms with Gasteiger partial charge in [0.1, 0.15) is 5.76 Å². The van der Waals surface area contributed by atoms with Crippen molar-refractivity contribution in [3.05, 3.63) is 51.8 Å². The minimum Gasteiger partial charge on any atom is -0.361 e. The maximum Gasteiger partial charge on any atom is 0.133 e. The van der Waals surface area contributed by atoms with Crippen LogP contribution in [0.5, 0.6) is 0 Å². The smallest absolute Gasteiger partial charge is 0.133 e. The Bertz CT molecular complexity index is 584. The summed E-state index contributed by atoms with van der Waals surface area (Å²) < 4.78 is 6.21. The monoisotopic (exact) mass is 351 g/mol. The lowest BCUT2D eigenvalue weighted by Crippen LogP contribution is -2.38. The molecule has 0 saturated carbocycles. The second kappa shape index (κ2) is 7.20. The Balaban J connectivity index is 2.23. The largest absolute Gasteiger partial charge is 0.361 e. The van der Waals surface area contributed by atoms with E-state index in [0.29, 0.717) is 6.54 Å². The van der Waals surface area contributed by atoms with E-state index in [-0.39, 0.29) is 12.1 Å². The minimum absolute atomic E-state index is 0.0669. The number of likely N-dealkylation sites (N-methyl/N-ethyl adjacent to an activating group) is 1. The van der Waals surface area contributed by atoms with Gasteiger partial charge in [0.25, 0.3) is 0 Å². The van der Waals surface area contributed by atoms with Crippen LogP contribution in [-0.4, -0.2) is 23.1 Å². The highest BCUT2D eigenvalue weighted by molar-refractivity contribution is 9.10. The van der Waals surface area contributed by atoms with Crippen LogP contribution in [0.15, 0.2) is 39.3 Å². The maximum absolute atomic E-state index is 6.36. The molecule has 1 aromatic heterocycles. The van der Waals surface area contributed by atoms with Crippen molar-refractivity contribution >= 4 is 15.9 Å². The summed E-state index contributed by atoms with van der Waals surface area (Å²) in [6.07, 6.45) is 0.916. The first-order valence-electron chi connectivity index (χ1n) is 7.14. The van der Waals surface area contributed by atoms with E-state index in [9.17, 15) is 0 Å². The number of nitrogens with two attached hydrogens (primary N) is 1. The predicted octanol–water partition coefficient (Wildman–Crippen LogP) is 3.66. The van der Waals surface area contributed by atoms with Crippen molar-refractivity contribution in [2.24, 2.45) is 5.73 Å². The van der Waals surface area contributed by atoms with Crippen LogP contribution in [0.25, 0.3) is 0 Å². The number of rotatable bonds is 6. The molecular weight excluding hydrogens is 330 g/mol. The van der Waals surface area contributed by atoms with Crippen molar-refractivity contribution < 1.29 is 4.52 Å². The standard InChI is InChI=1S/C16H22BrN3O/c1-4-15(18)16(12-6-5-7-13(17)9-12)20(3)10-14-8-11(2)21-19-14/h5-9,15-16H,4,10,18H2,1-3H3. The number of aryl methyl sites for hydroxylation is 1. The van der Waals surface area contributed by atoms with Crippen LogP contribution in [0.3, 0.4) is 0 Å². The normalized spacial score (nSPS) is 14.4. The molecule has 2 aromatic rings. The van der Waals surface area contributed by atoms with E-state index in [4.69, 9.17) is 10.3 Å². The molecule has 2 rings (SSSR count). The van der Waals surface area contributed by atoms with Crippen LogP contribution in [0.1, 0.15) is 36.4 Å². The number of nitrogens with zero attached hydrogens (tertiary/aromatic N) is 2. The zero-order valence-corrected chi connectivity index (χ0v) is 14.3. The summed E-state index contributed by atoms with van der Waals surface area (Å²) in [4.78, 5) is 2.23. The molecule has 2 unspecified atom stereocenters. The molecule has 2 N–H and O–H groups in total. The lowest BCUT2D eigenvalue weighted by molar-refractivity contribution is 0.196. The fourth-order valence-electron chi connectivity index (χ4n) is 2.59. The number of hydrogen-bond donors (Lipinski definition) is 1. The van der Waals surface area contributed by atoms with Gasteiger partial charge in [-0.15, -0.1) is 0 Å².